The zero-order valence-corrected chi connectivity index (χ0v) is 8.60. The molecule has 12 heavy (non-hydrogen) atoms. The summed E-state index contributed by atoms with van der Waals surface area (Å²) in [5.41, 5.74) is 0. The van der Waals surface area contributed by atoms with Gasteiger partial charge >= 0.3 is 0 Å². The van der Waals surface area contributed by atoms with E-state index in [1.807, 2.05) is 6.08 Å². The lowest BCUT2D eigenvalue weighted by Crippen LogP contribution is -2.28. The summed E-state index contributed by atoms with van der Waals surface area (Å²) in [4.78, 5) is 0. The Morgan fingerprint density at radius 1 is 1.42 bits per heavy atom. The number of nitrogens with one attached hydrogen (secondary N) is 1. The van der Waals surface area contributed by atoms with Gasteiger partial charge in [-0.15, -0.1) is 6.58 Å². The monoisotopic (exact) mass is 169 g/mol. The minimum absolute atomic E-state index is 0.736. The molecular weight excluding hydrogens is 146 g/mol. The molecule has 0 aromatic rings. The maximum atomic E-state index is 3.71. The largest absolute Gasteiger partial charge is 0.314 e. The van der Waals surface area contributed by atoms with Crippen LogP contribution in [0.15, 0.2) is 12.7 Å². The lowest BCUT2D eigenvalue weighted by Gasteiger charge is -2.15. The van der Waals surface area contributed by atoms with E-state index in [1.54, 1.807) is 0 Å². The van der Waals surface area contributed by atoms with Crippen LogP contribution in [-0.2, 0) is 0 Å². The van der Waals surface area contributed by atoms with Crippen molar-refractivity contribution in [2.75, 3.05) is 6.54 Å². The fourth-order valence-electron chi connectivity index (χ4n) is 1.35. The number of rotatable bonds is 8. The zero-order chi connectivity index (χ0) is 9.23. The fourth-order valence-corrected chi connectivity index (χ4v) is 1.35. The molecule has 0 aliphatic carbocycles. The summed E-state index contributed by atoms with van der Waals surface area (Å²) in [7, 11) is 0. The van der Waals surface area contributed by atoms with Gasteiger partial charge in [0.2, 0.25) is 0 Å². The van der Waals surface area contributed by atoms with Gasteiger partial charge in [-0.2, -0.15) is 0 Å². The molecule has 0 radical (unpaired) electrons. The maximum Gasteiger partial charge on any atom is 0.00643 e. The van der Waals surface area contributed by atoms with Crippen molar-refractivity contribution in [3.8, 4) is 0 Å². The highest BCUT2D eigenvalue weighted by Crippen LogP contribution is 2.00. The van der Waals surface area contributed by atoms with E-state index in [0.717, 1.165) is 19.0 Å². The summed E-state index contributed by atoms with van der Waals surface area (Å²) < 4.78 is 0. The Morgan fingerprint density at radius 2 is 2.17 bits per heavy atom. The van der Waals surface area contributed by atoms with Gasteiger partial charge in [0.25, 0.3) is 0 Å². The van der Waals surface area contributed by atoms with E-state index in [2.05, 4.69) is 25.7 Å². The lowest BCUT2D eigenvalue weighted by molar-refractivity contribution is 0.460. The molecule has 0 aromatic heterocycles. The summed E-state index contributed by atoms with van der Waals surface area (Å²) in [6.07, 6.45) is 8.20. The summed E-state index contributed by atoms with van der Waals surface area (Å²) in [5.74, 6) is 0. The Morgan fingerprint density at radius 3 is 2.67 bits per heavy atom. The third-order valence-corrected chi connectivity index (χ3v) is 2.15. The third-order valence-electron chi connectivity index (χ3n) is 2.15. The van der Waals surface area contributed by atoms with E-state index < -0.39 is 0 Å². The predicted octanol–water partition coefficient (Wildman–Crippen LogP) is 3.12. The van der Waals surface area contributed by atoms with Crippen molar-refractivity contribution in [3.63, 3.8) is 0 Å². The zero-order valence-electron chi connectivity index (χ0n) is 8.60. The first kappa shape index (κ1) is 11.7. The van der Waals surface area contributed by atoms with E-state index in [-0.39, 0.29) is 0 Å². The average molecular weight is 169 g/mol. The molecule has 0 aliphatic heterocycles. The van der Waals surface area contributed by atoms with Crippen molar-refractivity contribution < 1.29 is 0 Å². The maximum absolute atomic E-state index is 3.71. The van der Waals surface area contributed by atoms with Crippen LogP contribution in [0.2, 0.25) is 0 Å². The summed E-state index contributed by atoms with van der Waals surface area (Å²) in [6, 6.07) is 0.736. The van der Waals surface area contributed by atoms with Crippen LogP contribution in [0.25, 0.3) is 0 Å². The molecule has 0 fully saturated rings. The van der Waals surface area contributed by atoms with Gasteiger partial charge in [0, 0.05) is 6.04 Å². The van der Waals surface area contributed by atoms with E-state index >= 15 is 0 Å². The topological polar surface area (TPSA) is 12.0 Å². The Bertz CT molecular complexity index is 99.2. The molecule has 1 atom stereocenters. The van der Waals surface area contributed by atoms with Gasteiger partial charge in [-0.25, -0.2) is 0 Å². The molecule has 0 aromatic carbocycles. The number of hydrogen-bond donors (Lipinski definition) is 1. The Kier molecular flexibility index (Phi) is 8.57. The van der Waals surface area contributed by atoms with Gasteiger partial charge in [-0.3, -0.25) is 0 Å². The van der Waals surface area contributed by atoms with Crippen molar-refractivity contribution in [1.29, 1.82) is 0 Å². The van der Waals surface area contributed by atoms with Crippen LogP contribution in [0.4, 0.5) is 0 Å². The molecule has 1 heteroatoms. The van der Waals surface area contributed by atoms with Crippen molar-refractivity contribution in [2.45, 2.75) is 52.0 Å². The van der Waals surface area contributed by atoms with E-state index in [0.29, 0.717) is 0 Å². The second-order valence-electron chi connectivity index (χ2n) is 3.28. The molecule has 0 saturated carbocycles. The molecule has 1 unspecified atom stereocenters. The van der Waals surface area contributed by atoms with Gasteiger partial charge in [-0.1, -0.05) is 26.3 Å². The molecule has 0 heterocycles. The normalized spacial score (nSPS) is 12.8. The van der Waals surface area contributed by atoms with E-state index in [9.17, 15) is 0 Å². The van der Waals surface area contributed by atoms with Crippen LogP contribution in [0.5, 0.6) is 0 Å². The predicted molar refractivity (Wildman–Crippen MR) is 56.4 cm³/mol. The molecular formula is C11H23N. The van der Waals surface area contributed by atoms with Gasteiger partial charge < -0.3 is 5.32 Å². The molecule has 0 rings (SSSR count). The Hall–Kier alpha value is -0.300. The summed E-state index contributed by atoms with van der Waals surface area (Å²) >= 11 is 0. The molecule has 0 bridgehead atoms. The highest BCUT2D eigenvalue weighted by Gasteiger charge is 2.01. The first-order valence-corrected chi connectivity index (χ1v) is 5.19. The van der Waals surface area contributed by atoms with Gasteiger partial charge in [0.05, 0.1) is 0 Å². The minimum Gasteiger partial charge on any atom is -0.314 e. The van der Waals surface area contributed by atoms with Gasteiger partial charge in [0.1, 0.15) is 0 Å². The fraction of sp³-hybridized carbons (Fsp3) is 0.818. The number of hydrogen-bond acceptors (Lipinski definition) is 1. The van der Waals surface area contributed by atoms with Crippen molar-refractivity contribution in [2.24, 2.45) is 0 Å². The summed E-state index contributed by atoms with van der Waals surface area (Å²) in [6.45, 7) is 9.34. The van der Waals surface area contributed by atoms with Crippen LogP contribution >= 0.6 is 0 Å². The molecule has 0 amide bonds. The second-order valence-corrected chi connectivity index (χ2v) is 3.28. The van der Waals surface area contributed by atoms with Crippen LogP contribution in [0, 0.1) is 0 Å². The average Bonchev–Trinajstić information content (AvgIpc) is 2.10. The van der Waals surface area contributed by atoms with Crippen LogP contribution in [0.3, 0.4) is 0 Å². The SMILES string of the molecule is C=CCCCNC(CC)CCC. The van der Waals surface area contributed by atoms with Crippen LogP contribution in [0.1, 0.15) is 46.0 Å². The van der Waals surface area contributed by atoms with Crippen molar-refractivity contribution >= 4 is 0 Å². The standard InChI is InChI=1S/C11H23N/c1-4-7-8-10-12-11(6-3)9-5-2/h4,11-12H,1,5-10H2,2-3H3. The van der Waals surface area contributed by atoms with E-state index in [1.165, 1.54) is 25.7 Å². The Labute approximate surface area is 77.2 Å². The van der Waals surface area contributed by atoms with E-state index in [4.69, 9.17) is 0 Å². The van der Waals surface area contributed by atoms with Crippen LogP contribution < -0.4 is 5.32 Å². The molecule has 0 spiro atoms. The molecule has 1 N–H and O–H groups in total. The minimum atomic E-state index is 0.736. The first-order valence-electron chi connectivity index (χ1n) is 5.19. The smallest absolute Gasteiger partial charge is 0.00643 e. The van der Waals surface area contributed by atoms with Crippen molar-refractivity contribution in [1.82, 2.24) is 5.32 Å². The molecule has 72 valence electrons. The molecule has 0 aliphatic rings. The van der Waals surface area contributed by atoms with Gasteiger partial charge in [-0.05, 0) is 32.2 Å². The number of allylic oxidation sites excluding steroid dienone is 1. The lowest BCUT2D eigenvalue weighted by atomic mass is 10.1. The Balaban J connectivity index is 3.24. The highest BCUT2D eigenvalue weighted by atomic mass is 14.9. The summed E-state index contributed by atoms with van der Waals surface area (Å²) in [5, 5.41) is 3.56. The van der Waals surface area contributed by atoms with Crippen LogP contribution in [-0.4, -0.2) is 12.6 Å². The quantitative estimate of drug-likeness (QED) is 0.435. The third kappa shape index (κ3) is 6.41. The highest BCUT2D eigenvalue weighted by molar-refractivity contribution is 4.69. The second kappa shape index (κ2) is 8.79. The molecule has 1 nitrogen and oxygen atoms in total. The van der Waals surface area contributed by atoms with Crippen molar-refractivity contribution in [3.05, 3.63) is 12.7 Å². The van der Waals surface area contributed by atoms with Gasteiger partial charge in [0.15, 0.2) is 0 Å². The number of unbranched alkanes of at least 4 members (excludes halogenated alkanes) is 1. The molecule has 0 saturated heterocycles. The first-order chi connectivity index (χ1) is 5.85.